The third-order valence-electron chi connectivity index (χ3n) is 2.63. The lowest BCUT2D eigenvalue weighted by Gasteiger charge is -2.15. The maximum atomic E-state index is 11.6. The van der Waals surface area contributed by atoms with Gasteiger partial charge < -0.3 is 11.1 Å². The van der Waals surface area contributed by atoms with Gasteiger partial charge in [-0.1, -0.05) is 26.0 Å². The Hall–Kier alpha value is -1.66. The molecule has 0 aliphatic heterocycles. The molecular weight excluding hydrogens is 270 g/mol. The monoisotopic (exact) mass is 287 g/mol. The lowest BCUT2D eigenvalue weighted by Crippen LogP contribution is -2.43. The second-order valence-electron chi connectivity index (χ2n) is 4.41. The molecule has 1 amide bonds. The van der Waals surface area contributed by atoms with E-state index in [2.05, 4.69) is 5.32 Å². The zero-order valence-electron chi connectivity index (χ0n) is 10.8. The Balaban J connectivity index is 0.00000324. The third kappa shape index (κ3) is 5.23. The number of nitrogens with one attached hydrogen (secondary N) is 1. The molecule has 0 saturated heterocycles. The molecule has 0 fully saturated rings. The van der Waals surface area contributed by atoms with E-state index < -0.39 is 11.0 Å². The van der Waals surface area contributed by atoms with Crippen LogP contribution in [-0.4, -0.2) is 16.9 Å². The normalized spacial score (nSPS) is 11.6. The molecule has 0 unspecified atom stereocenters. The fourth-order valence-electron chi connectivity index (χ4n) is 1.35. The summed E-state index contributed by atoms with van der Waals surface area (Å²) in [6.45, 7) is 4.06. The number of nitro groups is 1. The molecule has 0 bridgehead atoms. The van der Waals surface area contributed by atoms with Gasteiger partial charge in [0.15, 0.2) is 0 Å². The Morgan fingerprint density at radius 3 is 2.32 bits per heavy atom. The zero-order chi connectivity index (χ0) is 13.7. The van der Waals surface area contributed by atoms with Crippen LogP contribution in [0.25, 0.3) is 0 Å². The van der Waals surface area contributed by atoms with Crippen molar-refractivity contribution >= 4 is 24.0 Å². The van der Waals surface area contributed by atoms with E-state index in [1.807, 2.05) is 13.8 Å². The highest BCUT2D eigenvalue weighted by Crippen LogP contribution is 2.11. The summed E-state index contributed by atoms with van der Waals surface area (Å²) >= 11 is 0. The first kappa shape index (κ1) is 17.3. The fraction of sp³-hybridized carbons (Fsp3) is 0.417. The number of amides is 1. The van der Waals surface area contributed by atoms with E-state index in [4.69, 9.17) is 5.73 Å². The summed E-state index contributed by atoms with van der Waals surface area (Å²) in [6, 6.07) is 5.50. The highest BCUT2D eigenvalue weighted by molar-refractivity contribution is 5.85. The molecule has 0 radical (unpaired) electrons. The smallest absolute Gasteiger partial charge is 0.269 e. The van der Waals surface area contributed by atoms with Crippen LogP contribution in [0.4, 0.5) is 5.69 Å². The molecule has 1 aromatic rings. The van der Waals surface area contributed by atoms with Gasteiger partial charge in [0, 0.05) is 18.7 Å². The van der Waals surface area contributed by atoms with Gasteiger partial charge in [0.05, 0.1) is 11.0 Å². The van der Waals surface area contributed by atoms with Crippen LogP contribution in [0, 0.1) is 16.0 Å². The SMILES string of the molecule is CC(C)[C@@H](N)C(=O)NCc1ccc([N+](=O)[O-])cc1.Cl. The molecule has 3 N–H and O–H groups in total. The van der Waals surface area contributed by atoms with Crippen LogP contribution in [-0.2, 0) is 11.3 Å². The maximum Gasteiger partial charge on any atom is 0.269 e. The van der Waals surface area contributed by atoms with E-state index in [-0.39, 0.29) is 29.9 Å². The molecule has 7 heteroatoms. The van der Waals surface area contributed by atoms with Gasteiger partial charge in [0.1, 0.15) is 0 Å². The van der Waals surface area contributed by atoms with E-state index in [1.54, 1.807) is 12.1 Å². The molecule has 0 saturated carbocycles. The van der Waals surface area contributed by atoms with Crippen molar-refractivity contribution in [1.82, 2.24) is 5.32 Å². The summed E-state index contributed by atoms with van der Waals surface area (Å²) in [5.41, 5.74) is 6.51. The quantitative estimate of drug-likeness (QED) is 0.635. The second kappa shape index (κ2) is 7.70. The van der Waals surface area contributed by atoms with E-state index in [9.17, 15) is 14.9 Å². The van der Waals surface area contributed by atoms with Crippen LogP contribution in [0.5, 0.6) is 0 Å². The van der Waals surface area contributed by atoms with Crippen LogP contribution < -0.4 is 11.1 Å². The number of nitrogens with zero attached hydrogens (tertiary/aromatic N) is 1. The van der Waals surface area contributed by atoms with Crippen LogP contribution in [0.1, 0.15) is 19.4 Å². The zero-order valence-corrected chi connectivity index (χ0v) is 11.6. The molecule has 0 heterocycles. The van der Waals surface area contributed by atoms with Crippen molar-refractivity contribution in [3.63, 3.8) is 0 Å². The molecule has 106 valence electrons. The predicted octanol–water partition coefficient (Wildman–Crippen LogP) is 1.62. The highest BCUT2D eigenvalue weighted by Gasteiger charge is 2.16. The lowest BCUT2D eigenvalue weighted by atomic mass is 10.0. The van der Waals surface area contributed by atoms with Crippen molar-refractivity contribution in [3.8, 4) is 0 Å². The first-order chi connectivity index (χ1) is 8.41. The minimum atomic E-state index is -0.539. The average Bonchev–Trinajstić information content (AvgIpc) is 2.35. The van der Waals surface area contributed by atoms with E-state index in [1.165, 1.54) is 12.1 Å². The number of carbonyl (C=O) groups is 1. The standard InChI is InChI=1S/C12H17N3O3.ClH/c1-8(2)11(13)12(16)14-7-9-3-5-10(6-4-9)15(17)18;/h3-6,8,11H,7,13H2,1-2H3,(H,14,16);1H/t11-;/m1./s1. The summed E-state index contributed by atoms with van der Waals surface area (Å²) < 4.78 is 0. The molecule has 1 rings (SSSR count). The fourth-order valence-corrected chi connectivity index (χ4v) is 1.35. The summed E-state index contributed by atoms with van der Waals surface area (Å²) in [5, 5.41) is 13.2. The Morgan fingerprint density at radius 2 is 1.89 bits per heavy atom. The summed E-state index contributed by atoms with van der Waals surface area (Å²) in [6.07, 6.45) is 0. The van der Waals surface area contributed by atoms with Gasteiger partial charge >= 0.3 is 0 Å². The molecule has 1 aromatic carbocycles. The second-order valence-corrected chi connectivity index (χ2v) is 4.41. The van der Waals surface area contributed by atoms with Crippen LogP contribution in [0.2, 0.25) is 0 Å². The summed E-state index contributed by atoms with van der Waals surface area (Å²) in [7, 11) is 0. The first-order valence-electron chi connectivity index (χ1n) is 5.68. The van der Waals surface area contributed by atoms with Crippen molar-refractivity contribution in [2.75, 3.05) is 0 Å². The van der Waals surface area contributed by atoms with E-state index in [0.29, 0.717) is 6.54 Å². The molecule has 0 aliphatic carbocycles. The molecule has 0 aliphatic rings. The number of hydrogen-bond acceptors (Lipinski definition) is 4. The lowest BCUT2D eigenvalue weighted by molar-refractivity contribution is -0.384. The minimum Gasteiger partial charge on any atom is -0.351 e. The van der Waals surface area contributed by atoms with Gasteiger partial charge in [-0.3, -0.25) is 14.9 Å². The Kier molecular flexibility index (Phi) is 7.03. The topological polar surface area (TPSA) is 98.3 Å². The predicted molar refractivity (Wildman–Crippen MR) is 75.0 cm³/mol. The molecule has 0 aromatic heterocycles. The van der Waals surface area contributed by atoms with Crippen molar-refractivity contribution in [2.24, 2.45) is 11.7 Å². The molecule has 19 heavy (non-hydrogen) atoms. The van der Waals surface area contributed by atoms with Gasteiger partial charge in [-0.15, -0.1) is 12.4 Å². The van der Waals surface area contributed by atoms with Crippen molar-refractivity contribution in [3.05, 3.63) is 39.9 Å². The van der Waals surface area contributed by atoms with Gasteiger partial charge in [-0.05, 0) is 11.5 Å². The molecular formula is C12H18ClN3O3. The summed E-state index contributed by atoms with van der Waals surface area (Å²) in [5.74, 6) is -0.148. The van der Waals surface area contributed by atoms with Crippen LogP contribution in [0.15, 0.2) is 24.3 Å². The number of nitro benzene ring substituents is 1. The molecule has 1 atom stereocenters. The van der Waals surface area contributed by atoms with Gasteiger partial charge in [-0.2, -0.15) is 0 Å². The number of rotatable bonds is 5. The largest absolute Gasteiger partial charge is 0.351 e. The van der Waals surface area contributed by atoms with Gasteiger partial charge in [0.25, 0.3) is 5.69 Å². The average molecular weight is 288 g/mol. The molecule has 6 nitrogen and oxygen atoms in total. The Bertz CT molecular complexity index is 434. The van der Waals surface area contributed by atoms with Crippen LogP contribution >= 0.6 is 12.4 Å². The number of benzene rings is 1. The van der Waals surface area contributed by atoms with Gasteiger partial charge in [0.2, 0.25) is 5.91 Å². The Morgan fingerprint density at radius 1 is 1.37 bits per heavy atom. The third-order valence-corrected chi connectivity index (χ3v) is 2.63. The number of halogens is 1. The number of hydrogen-bond donors (Lipinski definition) is 2. The van der Waals surface area contributed by atoms with Crippen molar-refractivity contribution < 1.29 is 9.72 Å². The number of non-ortho nitro benzene ring substituents is 1. The number of nitrogens with two attached hydrogens (primary N) is 1. The minimum absolute atomic E-state index is 0. The molecule has 0 spiro atoms. The van der Waals surface area contributed by atoms with Crippen molar-refractivity contribution in [1.29, 1.82) is 0 Å². The summed E-state index contributed by atoms with van der Waals surface area (Å²) in [4.78, 5) is 21.6. The highest BCUT2D eigenvalue weighted by atomic mass is 35.5. The Labute approximate surface area is 117 Å². The first-order valence-corrected chi connectivity index (χ1v) is 5.68. The van der Waals surface area contributed by atoms with Crippen molar-refractivity contribution in [2.45, 2.75) is 26.4 Å². The number of carbonyl (C=O) groups excluding carboxylic acids is 1. The van der Waals surface area contributed by atoms with Crippen LogP contribution in [0.3, 0.4) is 0 Å². The maximum absolute atomic E-state index is 11.6. The van der Waals surface area contributed by atoms with E-state index in [0.717, 1.165) is 5.56 Å². The van der Waals surface area contributed by atoms with E-state index >= 15 is 0 Å². The van der Waals surface area contributed by atoms with Gasteiger partial charge in [-0.25, -0.2) is 0 Å².